The van der Waals surface area contributed by atoms with Crippen LogP contribution in [0, 0.1) is 0 Å². The fourth-order valence-electron chi connectivity index (χ4n) is 3.75. The summed E-state index contributed by atoms with van der Waals surface area (Å²) in [6.07, 6.45) is 2.03. The summed E-state index contributed by atoms with van der Waals surface area (Å²) in [5.41, 5.74) is 3.85. The average Bonchev–Trinajstić information content (AvgIpc) is 3.23. The van der Waals surface area contributed by atoms with Gasteiger partial charge in [0.15, 0.2) is 0 Å². The molecular formula is C25H24N2O3. The van der Waals surface area contributed by atoms with Crippen LogP contribution in [0.25, 0.3) is 10.9 Å². The van der Waals surface area contributed by atoms with Crippen molar-refractivity contribution in [3.05, 3.63) is 95.7 Å². The molecule has 0 spiro atoms. The van der Waals surface area contributed by atoms with Gasteiger partial charge in [-0.05, 0) is 29.3 Å². The van der Waals surface area contributed by atoms with Crippen molar-refractivity contribution in [2.24, 2.45) is 0 Å². The summed E-state index contributed by atoms with van der Waals surface area (Å²) >= 11 is 0. The molecule has 0 aliphatic carbocycles. The van der Waals surface area contributed by atoms with Gasteiger partial charge in [-0.3, -0.25) is 4.79 Å². The summed E-state index contributed by atoms with van der Waals surface area (Å²) in [5, 5.41) is 4.24. The minimum Gasteiger partial charge on any atom is -0.497 e. The minimum atomic E-state index is -0.185. The molecule has 0 bridgehead atoms. The summed E-state index contributed by atoms with van der Waals surface area (Å²) < 4.78 is 10.6. The Bertz CT molecular complexity index is 1150. The second-order valence-electron chi connectivity index (χ2n) is 7.03. The third kappa shape index (κ3) is 3.87. The maximum absolute atomic E-state index is 13.0. The predicted octanol–water partition coefficient (Wildman–Crippen LogP) is 4.75. The van der Waals surface area contributed by atoms with Crippen molar-refractivity contribution in [3.8, 4) is 11.5 Å². The van der Waals surface area contributed by atoms with Gasteiger partial charge in [0.2, 0.25) is 0 Å². The monoisotopic (exact) mass is 400 g/mol. The highest BCUT2D eigenvalue weighted by Gasteiger charge is 2.20. The fraction of sp³-hybridized carbons (Fsp3) is 0.160. The topological polar surface area (TPSA) is 63.3 Å². The number of methoxy groups -OCH3 is 2. The first-order chi connectivity index (χ1) is 14.7. The molecule has 4 aromatic rings. The molecule has 5 nitrogen and oxygen atoms in total. The van der Waals surface area contributed by atoms with Crippen LogP contribution >= 0.6 is 0 Å². The number of aromatic nitrogens is 1. The molecule has 5 heteroatoms. The molecular weight excluding hydrogens is 376 g/mol. The van der Waals surface area contributed by atoms with Crippen LogP contribution in [0.1, 0.15) is 27.4 Å². The maximum atomic E-state index is 13.0. The van der Waals surface area contributed by atoms with Crippen molar-refractivity contribution >= 4 is 16.8 Å². The van der Waals surface area contributed by atoms with Gasteiger partial charge in [-0.1, -0.05) is 48.5 Å². The van der Waals surface area contributed by atoms with E-state index >= 15 is 0 Å². The van der Waals surface area contributed by atoms with Crippen molar-refractivity contribution in [1.29, 1.82) is 0 Å². The lowest BCUT2D eigenvalue weighted by Gasteiger charge is -2.19. The molecule has 1 amide bonds. The van der Waals surface area contributed by atoms with Crippen LogP contribution in [-0.4, -0.2) is 31.7 Å². The lowest BCUT2D eigenvalue weighted by Crippen LogP contribution is -2.29. The molecule has 1 heterocycles. The summed E-state index contributed by atoms with van der Waals surface area (Å²) in [7, 11) is 3.13. The number of aromatic amines is 1. The lowest BCUT2D eigenvalue weighted by molar-refractivity contribution is 0.0949. The fourth-order valence-corrected chi connectivity index (χ4v) is 3.75. The van der Waals surface area contributed by atoms with Gasteiger partial charge in [0.1, 0.15) is 11.5 Å². The van der Waals surface area contributed by atoms with Gasteiger partial charge in [-0.25, -0.2) is 0 Å². The Hall–Kier alpha value is -3.73. The normalized spacial score (nSPS) is 11.8. The Balaban J connectivity index is 1.63. The molecule has 2 N–H and O–H groups in total. The van der Waals surface area contributed by atoms with Crippen molar-refractivity contribution in [1.82, 2.24) is 10.3 Å². The van der Waals surface area contributed by atoms with Crippen LogP contribution < -0.4 is 14.8 Å². The SMILES string of the molecule is COc1ccc(C(=O)NCC(c2ccccc2)c2c[nH]c3ccccc23)c(OC)c1. The minimum absolute atomic E-state index is 0.00976. The van der Waals surface area contributed by atoms with E-state index in [4.69, 9.17) is 9.47 Å². The Morgan fingerprint density at radius 2 is 1.73 bits per heavy atom. The van der Waals surface area contributed by atoms with Crippen LogP contribution in [-0.2, 0) is 0 Å². The first-order valence-corrected chi connectivity index (χ1v) is 9.82. The number of benzene rings is 3. The van der Waals surface area contributed by atoms with E-state index in [1.807, 2.05) is 36.5 Å². The first-order valence-electron chi connectivity index (χ1n) is 9.82. The second-order valence-corrected chi connectivity index (χ2v) is 7.03. The quantitative estimate of drug-likeness (QED) is 0.471. The van der Waals surface area contributed by atoms with Gasteiger partial charge in [0.25, 0.3) is 5.91 Å². The van der Waals surface area contributed by atoms with E-state index < -0.39 is 0 Å². The van der Waals surface area contributed by atoms with Crippen molar-refractivity contribution in [2.75, 3.05) is 20.8 Å². The number of nitrogens with one attached hydrogen (secondary N) is 2. The van der Waals surface area contributed by atoms with Crippen molar-refractivity contribution in [2.45, 2.75) is 5.92 Å². The third-order valence-electron chi connectivity index (χ3n) is 5.32. The first kappa shape index (κ1) is 19.6. The molecule has 0 aliphatic heterocycles. The van der Waals surface area contributed by atoms with Crippen LogP contribution in [0.15, 0.2) is 79.0 Å². The van der Waals surface area contributed by atoms with Gasteiger partial charge in [-0.15, -0.1) is 0 Å². The van der Waals surface area contributed by atoms with Gasteiger partial charge in [-0.2, -0.15) is 0 Å². The number of fused-ring (bicyclic) bond motifs is 1. The molecule has 152 valence electrons. The molecule has 3 aromatic carbocycles. The molecule has 1 aromatic heterocycles. The third-order valence-corrected chi connectivity index (χ3v) is 5.32. The van der Waals surface area contributed by atoms with Crippen LogP contribution in [0.4, 0.5) is 0 Å². The molecule has 30 heavy (non-hydrogen) atoms. The zero-order valence-corrected chi connectivity index (χ0v) is 17.0. The number of amides is 1. The van der Waals surface area contributed by atoms with Crippen LogP contribution in [0.2, 0.25) is 0 Å². The second kappa shape index (κ2) is 8.74. The number of hydrogen-bond donors (Lipinski definition) is 2. The van der Waals surface area contributed by atoms with Gasteiger partial charge in [0, 0.05) is 35.6 Å². The number of hydrogen-bond acceptors (Lipinski definition) is 3. The molecule has 4 rings (SSSR count). The smallest absolute Gasteiger partial charge is 0.255 e. The number of rotatable bonds is 7. The number of carbonyl (C=O) groups excluding carboxylic acids is 1. The molecule has 1 atom stereocenters. The van der Waals surface area contributed by atoms with Crippen LogP contribution in [0.3, 0.4) is 0 Å². The van der Waals surface area contributed by atoms with Gasteiger partial charge in [0.05, 0.1) is 19.8 Å². The van der Waals surface area contributed by atoms with Gasteiger partial charge >= 0.3 is 0 Å². The lowest BCUT2D eigenvalue weighted by atomic mass is 9.91. The van der Waals surface area contributed by atoms with E-state index in [9.17, 15) is 4.79 Å². The molecule has 0 aliphatic rings. The standard InChI is InChI=1S/C25H24N2O3/c1-29-18-12-13-20(24(14-18)30-2)25(28)27-15-21(17-8-4-3-5-9-17)22-16-26-23-11-7-6-10-19(22)23/h3-14,16,21,26H,15H2,1-2H3,(H,27,28). The number of ether oxygens (including phenoxy) is 2. The largest absolute Gasteiger partial charge is 0.497 e. The highest BCUT2D eigenvalue weighted by molar-refractivity contribution is 5.97. The highest BCUT2D eigenvalue weighted by Crippen LogP contribution is 2.31. The molecule has 0 fully saturated rings. The highest BCUT2D eigenvalue weighted by atomic mass is 16.5. The summed E-state index contributed by atoms with van der Waals surface area (Å²) in [5.74, 6) is 0.949. The zero-order chi connectivity index (χ0) is 20.9. The molecule has 0 radical (unpaired) electrons. The van der Waals surface area contributed by atoms with Crippen molar-refractivity contribution < 1.29 is 14.3 Å². The molecule has 0 saturated heterocycles. The van der Waals surface area contributed by atoms with Crippen molar-refractivity contribution in [3.63, 3.8) is 0 Å². The van der Waals surface area contributed by atoms with E-state index in [0.29, 0.717) is 23.6 Å². The maximum Gasteiger partial charge on any atom is 0.255 e. The van der Waals surface area contributed by atoms with E-state index in [2.05, 4.69) is 34.6 Å². The van der Waals surface area contributed by atoms with Gasteiger partial charge < -0.3 is 19.8 Å². The average molecular weight is 400 g/mol. The summed E-state index contributed by atoms with van der Waals surface area (Å²) in [4.78, 5) is 16.3. The molecule has 0 saturated carbocycles. The Kier molecular flexibility index (Phi) is 5.70. The Labute approximate surface area is 175 Å². The number of carbonyl (C=O) groups is 1. The summed E-state index contributed by atoms with van der Waals surface area (Å²) in [6.45, 7) is 0.458. The van der Waals surface area contributed by atoms with E-state index in [-0.39, 0.29) is 11.8 Å². The predicted molar refractivity (Wildman–Crippen MR) is 118 cm³/mol. The molecule has 1 unspecified atom stereocenters. The zero-order valence-electron chi connectivity index (χ0n) is 17.0. The number of H-pyrrole nitrogens is 1. The van der Waals surface area contributed by atoms with E-state index in [1.54, 1.807) is 32.4 Å². The van der Waals surface area contributed by atoms with E-state index in [1.165, 1.54) is 0 Å². The summed E-state index contributed by atoms with van der Waals surface area (Å²) in [6, 6.07) is 23.6. The Morgan fingerprint density at radius 3 is 2.50 bits per heavy atom. The van der Waals surface area contributed by atoms with Crippen LogP contribution in [0.5, 0.6) is 11.5 Å². The Morgan fingerprint density at radius 1 is 0.967 bits per heavy atom. The van der Waals surface area contributed by atoms with E-state index in [0.717, 1.165) is 22.0 Å². The number of para-hydroxylation sites is 1.